The monoisotopic (exact) mass is 251 g/mol. The molecule has 1 unspecified atom stereocenters. The maximum Gasteiger partial charge on any atom is 0.225 e. The van der Waals surface area contributed by atoms with Crippen molar-refractivity contribution in [2.24, 2.45) is 0 Å². The van der Waals surface area contributed by atoms with Crippen LogP contribution in [-0.4, -0.2) is 19.7 Å². The van der Waals surface area contributed by atoms with Crippen LogP contribution in [0.15, 0.2) is 22.8 Å². The number of furan rings is 1. The number of nitrogens with one attached hydrogen (secondary N) is 1. The summed E-state index contributed by atoms with van der Waals surface area (Å²) in [6, 6.07) is 3.53. The SMILES string of the molecule is CC(CCc1ccco1)NS(=O)(=O)CCl. The molecule has 6 heteroatoms. The Morgan fingerprint density at radius 3 is 2.87 bits per heavy atom. The summed E-state index contributed by atoms with van der Waals surface area (Å²) in [5, 5.41) is -0.405. The van der Waals surface area contributed by atoms with Gasteiger partial charge in [-0.1, -0.05) is 0 Å². The fourth-order valence-corrected chi connectivity index (χ4v) is 2.19. The summed E-state index contributed by atoms with van der Waals surface area (Å²) < 4.78 is 29.8. The minimum Gasteiger partial charge on any atom is -0.469 e. The van der Waals surface area contributed by atoms with E-state index in [2.05, 4.69) is 4.72 Å². The van der Waals surface area contributed by atoms with Crippen molar-refractivity contribution in [2.75, 3.05) is 5.21 Å². The Morgan fingerprint density at radius 1 is 1.60 bits per heavy atom. The molecule has 0 spiro atoms. The van der Waals surface area contributed by atoms with Gasteiger partial charge in [0.05, 0.1) is 6.26 Å². The molecule has 1 N–H and O–H groups in total. The van der Waals surface area contributed by atoms with E-state index >= 15 is 0 Å². The second kappa shape index (κ2) is 5.53. The molecule has 0 aromatic carbocycles. The fraction of sp³-hybridized carbons (Fsp3) is 0.556. The van der Waals surface area contributed by atoms with E-state index in [9.17, 15) is 8.42 Å². The lowest BCUT2D eigenvalue weighted by molar-refractivity contribution is 0.480. The van der Waals surface area contributed by atoms with Gasteiger partial charge < -0.3 is 4.42 Å². The molecule has 1 atom stereocenters. The highest BCUT2D eigenvalue weighted by Crippen LogP contribution is 2.06. The van der Waals surface area contributed by atoms with Gasteiger partial charge in [-0.3, -0.25) is 0 Å². The number of sulfonamides is 1. The molecule has 0 fully saturated rings. The van der Waals surface area contributed by atoms with Crippen molar-refractivity contribution in [2.45, 2.75) is 25.8 Å². The smallest absolute Gasteiger partial charge is 0.225 e. The second-order valence-electron chi connectivity index (χ2n) is 3.36. The van der Waals surface area contributed by atoms with Crippen molar-refractivity contribution < 1.29 is 12.8 Å². The Hall–Kier alpha value is -0.520. The first-order valence-corrected chi connectivity index (χ1v) is 6.80. The molecule has 0 amide bonds. The van der Waals surface area contributed by atoms with E-state index in [4.69, 9.17) is 16.0 Å². The molecule has 0 saturated carbocycles. The molecule has 0 aliphatic heterocycles. The van der Waals surface area contributed by atoms with E-state index in [-0.39, 0.29) is 6.04 Å². The molecule has 1 aromatic heterocycles. The Balaban J connectivity index is 2.34. The minimum atomic E-state index is -3.32. The number of halogens is 1. The van der Waals surface area contributed by atoms with Crippen molar-refractivity contribution in [3.63, 3.8) is 0 Å². The molecular weight excluding hydrogens is 238 g/mol. The molecule has 0 saturated heterocycles. The molecule has 86 valence electrons. The van der Waals surface area contributed by atoms with Crippen LogP contribution < -0.4 is 4.72 Å². The maximum atomic E-state index is 11.1. The van der Waals surface area contributed by atoms with Crippen LogP contribution in [0.1, 0.15) is 19.1 Å². The largest absolute Gasteiger partial charge is 0.469 e. The summed E-state index contributed by atoms with van der Waals surface area (Å²) in [6.07, 6.45) is 2.99. The minimum absolute atomic E-state index is 0.140. The van der Waals surface area contributed by atoms with Crippen LogP contribution in [0.4, 0.5) is 0 Å². The molecule has 1 heterocycles. The zero-order valence-corrected chi connectivity index (χ0v) is 10.0. The summed E-state index contributed by atoms with van der Waals surface area (Å²) >= 11 is 5.27. The van der Waals surface area contributed by atoms with Gasteiger partial charge in [-0.05, 0) is 25.5 Å². The van der Waals surface area contributed by atoms with E-state index < -0.39 is 15.2 Å². The number of aryl methyl sites for hydroxylation is 1. The van der Waals surface area contributed by atoms with Crippen LogP contribution in [0, 0.1) is 0 Å². The van der Waals surface area contributed by atoms with Gasteiger partial charge in [0.15, 0.2) is 0 Å². The van der Waals surface area contributed by atoms with Gasteiger partial charge >= 0.3 is 0 Å². The summed E-state index contributed by atoms with van der Waals surface area (Å²) in [5.41, 5.74) is 0. The summed E-state index contributed by atoms with van der Waals surface area (Å²) in [6.45, 7) is 1.80. The van der Waals surface area contributed by atoms with E-state index in [0.29, 0.717) is 12.8 Å². The van der Waals surface area contributed by atoms with Crippen molar-refractivity contribution in [3.8, 4) is 0 Å². The van der Waals surface area contributed by atoms with Gasteiger partial charge in [0.2, 0.25) is 10.0 Å². The van der Waals surface area contributed by atoms with Gasteiger partial charge in [0.1, 0.15) is 11.0 Å². The summed E-state index contributed by atoms with van der Waals surface area (Å²) in [4.78, 5) is 0. The zero-order valence-electron chi connectivity index (χ0n) is 8.44. The number of rotatable bonds is 6. The first kappa shape index (κ1) is 12.5. The van der Waals surface area contributed by atoms with E-state index in [1.54, 1.807) is 13.2 Å². The topological polar surface area (TPSA) is 59.3 Å². The molecule has 0 aliphatic carbocycles. The second-order valence-corrected chi connectivity index (χ2v) is 5.70. The number of alkyl halides is 1. The van der Waals surface area contributed by atoms with Crippen molar-refractivity contribution >= 4 is 21.6 Å². The van der Waals surface area contributed by atoms with Gasteiger partial charge in [0, 0.05) is 12.5 Å². The standard InChI is InChI=1S/C9H14ClNO3S/c1-8(11-15(12,13)7-10)4-5-9-3-2-6-14-9/h2-3,6,8,11H,4-5,7H2,1H3. The molecule has 15 heavy (non-hydrogen) atoms. The first-order valence-electron chi connectivity index (χ1n) is 4.62. The van der Waals surface area contributed by atoms with Crippen molar-refractivity contribution in [1.29, 1.82) is 0 Å². The third kappa shape index (κ3) is 4.68. The molecule has 0 aliphatic rings. The Bertz CT molecular complexity index is 374. The van der Waals surface area contributed by atoms with Gasteiger partial charge in [0.25, 0.3) is 0 Å². The number of hydrogen-bond acceptors (Lipinski definition) is 3. The summed E-state index contributed by atoms with van der Waals surface area (Å²) in [7, 11) is -3.32. The molecule has 1 rings (SSSR count). The molecule has 0 bridgehead atoms. The van der Waals surface area contributed by atoms with Crippen LogP contribution in [-0.2, 0) is 16.4 Å². The Kier molecular flexibility index (Phi) is 4.63. The first-order chi connectivity index (χ1) is 7.03. The lowest BCUT2D eigenvalue weighted by Crippen LogP contribution is -2.33. The van der Waals surface area contributed by atoms with Crippen molar-refractivity contribution in [1.82, 2.24) is 4.72 Å². The fourth-order valence-electron chi connectivity index (χ4n) is 1.21. The molecule has 0 radical (unpaired) electrons. The van der Waals surface area contributed by atoms with Crippen LogP contribution in [0.3, 0.4) is 0 Å². The quantitative estimate of drug-likeness (QED) is 0.783. The predicted molar refractivity (Wildman–Crippen MR) is 59.3 cm³/mol. The molecule has 4 nitrogen and oxygen atoms in total. The van der Waals surface area contributed by atoms with Gasteiger partial charge in [-0.2, -0.15) is 0 Å². The van der Waals surface area contributed by atoms with E-state index in [0.717, 1.165) is 5.76 Å². The third-order valence-electron chi connectivity index (χ3n) is 1.93. The maximum absolute atomic E-state index is 11.1. The Morgan fingerprint density at radius 2 is 2.33 bits per heavy atom. The highest BCUT2D eigenvalue weighted by molar-refractivity contribution is 7.90. The van der Waals surface area contributed by atoms with Crippen LogP contribution >= 0.6 is 11.6 Å². The summed E-state index contributed by atoms with van der Waals surface area (Å²) in [5.74, 6) is 0.854. The zero-order chi connectivity index (χ0) is 11.3. The van der Waals surface area contributed by atoms with Crippen LogP contribution in [0.5, 0.6) is 0 Å². The van der Waals surface area contributed by atoms with Crippen LogP contribution in [0.2, 0.25) is 0 Å². The van der Waals surface area contributed by atoms with E-state index in [1.807, 2.05) is 12.1 Å². The Labute approximate surface area is 94.7 Å². The lowest BCUT2D eigenvalue weighted by atomic mass is 10.2. The van der Waals surface area contributed by atoms with Crippen molar-refractivity contribution in [3.05, 3.63) is 24.2 Å². The third-order valence-corrected chi connectivity index (χ3v) is 3.84. The van der Waals surface area contributed by atoms with E-state index in [1.165, 1.54) is 0 Å². The molecular formula is C9H14ClNO3S. The van der Waals surface area contributed by atoms with Crippen LogP contribution in [0.25, 0.3) is 0 Å². The number of hydrogen-bond donors (Lipinski definition) is 1. The lowest BCUT2D eigenvalue weighted by Gasteiger charge is -2.11. The van der Waals surface area contributed by atoms with Gasteiger partial charge in [-0.15, -0.1) is 11.6 Å². The predicted octanol–water partition coefficient (Wildman–Crippen LogP) is 1.72. The van der Waals surface area contributed by atoms with Gasteiger partial charge in [-0.25, -0.2) is 13.1 Å². The average Bonchev–Trinajstić information content (AvgIpc) is 2.66. The molecule has 1 aromatic rings. The normalized spacial score (nSPS) is 14.0. The average molecular weight is 252 g/mol. The highest BCUT2D eigenvalue weighted by Gasteiger charge is 2.12. The highest BCUT2D eigenvalue weighted by atomic mass is 35.5.